The molecule has 0 aliphatic carbocycles. The van der Waals surface area contributed by atoms with Crippen molar-refractivity contribution in [1.82, 2.24) is 10.4 Å². The first kappa shape index (κ1) is 11.6. The first-order chi connectivity index (χ1) is 8.22. The number of hydrogen-bond acceptors (Lipinski definition) is 3. The number of nitrogens with zero attached hydrogens (tertiary/aromatic N) is 1. The molecule has 0 saturated heterocycles. The second kappa shape index (κ2) is 4.99. The molecule has 1 unspecified atom stereocenters. The van der Waals surface area contributed by atoms with Crippen LogP contribution in [0.25, 0.3) is 0 Å². The summed E-state index contributed by atoms with van der Waals surface area (Å²) >= 11 is 0. The summed E-state index contributed by atoms with van der Waals surface area (Å²) in [6.07, 6.45) is 3.24. The maximum atomic E-state index is 13.1. The number of nitrogens with one attached hydrogen (secondary N) is 1. The Kier molecular flexibility index (Phi) is 3.41. The Labute approximate surface area is 97.3 Å². The van der Waals surface area contributed by atoms with E-state index in [1.807, 2.05) is 0 Å². The fourth-order valence-corrected chi connectivity index (χ4v) is 1.62. The first-order valence-corrected chi connectivity index (χ1v) is 5.03. The average molecular weight is 235 g/mol. The molecule has 0 saturated carbocycles. The second-order valence-corrected chi connectivity index (χ2v) is 3.56. The van der Waals surface area contributed by atoms with Crippen LogP contribution in [0.15, 0.2) is 42.7 Å². The van der Waals surface area contributed by atoms with E-state index >= 15 is 0 Å². The fourth-order valence-electron chi connectivity index (χ4n) is 1.62. The molecule has 0 spiro atoms. The van der Waals surface area contributed by atoms with Crippen LogP contribution in [0.4, 0.5) is 8.78 Å². The molecule has 1 aromatic heterocycles. The van der Waals surface area contributed by atoms with E-state index in [9.17, 15) is 8.78 Å². The molecule has 0 fully saturated rings. The minimum absolute atomic E-state index is 0.418. The van der Waals surface area contributed by atoms with Gasteiger partial charge in [0.25, 0.3) is 0 Å². The number of benzene rings is 1. The monoisotopic (exact) mass is 235 g/mol. The number of pyridine rings is 1. The van der Waals surface area contributed by atoms with Gasteiger partial charge in [-0.1, -0.05) is 12.1 Å². The lowest BCUT2D eigenvalue weighted by atomic mass is 10.0. The summed E-state index contributed by atoms with van der Waals surface area (Å²) in [4.78, 5) is 3.96. The Morgan fingerprint density at radius 1 is 1.12 bits per heavy atom. The molecule has 0 amide bonds. The molecule has 17 heavy (non-hydrogen) atoms. The van der Waals surface area contributed by atoms with Gasteiger partial charge < -0.3 is 0 Å². The number of hydrogen-bond donors (Lipinski definition) is 2. The third-order valence-corrected chi connectivity index (χ3v) is 2.46. The molecule has 0 aliphatic heterocycles. The highest BCUT2D eigenvalue weighted by molar-refractivity contribution is 5.30. The maximum Gasteiger partial charge on any atom is 0.159 e. The SMILES string of the molecule is NNC(c1cccnc1)c1ccc(F)c(F)c1. The van der Waals surface area contributed by atoms with Crippen molar-refractivity contribution in [3.05, 3.63) is 65.5 Å². The van der Waals surface area contributed by atoms with E-state index in [2.05, 4.69) is 10.4 Å². The maximum absolute atomic E-state index is 13.1. The zero-order valence-corrected chi connectivity index (χ0v) is 8.90. The van der Waals surface area contributed by atoms with Gasteiger partial charge in [-0.15, -0.1) is 0 Å². The van der Waals surface area contributed by atoms with Gasteiger partial charge >= 0.3 is 0 Å². The van der Waals surface area contributed by atoms with Crippen LogP contribution in [0, 0.1) is 11.6 Å². The van der Waals surface area contributed by atoms with Crippen LogP contribution in [0.5, 0.6) is 0 Å². The van der Waals surface area contributed by atoms with Gasteiger partial charge in [0, 0.05) is 12.4 Å². The molecule has 5 heteroatoms. The Hall–Kier alpha value is -1.85. The van der Waals surface area contributed by atoms with Crippen LogP contribution in [-0.4, -0.2) is 4.98 Å². The summed E-state index contributed by atoms with van der Waals surface area (Å²) in [6.45, 7) is 0. The Balaban J connectivity index is 2.39. The normalized spacial score (nSPS) is 12.4. The van der Waals surface area contributed by atoms with Gasteiger partial charge in [0.1, 0.15) is 0 Å². The van der Waals surface area contributed by atoms with Crippen molar-refractivity contribution >= 4 is 0 Å². The number of hydrazine groups is 1. The Morgan fingerprint density at radius 2 is 1.94 bits per heavy atom. The lowest BCUT2D eigenvalue weighted by Gasteiger charge is -2.16. The van der Waals surface area contributed by atoms with Gasteiger partial charge in [-0.3, -0.25) is 10.8 Å². The molecule has 88 valence electrons. The smallest absolute Gasteiger partial charge is 0.159 e. The third-order valence-electron chi connectivity index (χ3n) is 2.46. The van der Waals surface area contributed by atoms with Crippen molar-refractivity contribution in [3.63, 3.8) is 0 Å². The molecular weight excluding hydrogens is 224 g/mol. The summed E-state index contributed by atoms with van der Waals surface area (Å²) in [5, 5.41) is 0. The van der Waals surface area contributed by atoms with E-state index in [0.717, 1.165) is 17.7 Å². The van der Waals surface area contributed by atoms with Crippen LogP contribution < -0.4 is 11.3 Å². The summed E-state index contributed by atoms with van der Waals surface area (Å²) in [7, 11) is 0. The molecule has 2 aromatic rings. The molecular formula is C12H11F2N3. The Morgan fingerprint density at radius 3 is 2.53 bits per heavy atom. The highest BCUT2D eigenvalue weighted by Gasteiger charge is 2.14. The predicted octanol–water partition coefficient (Wildman–Crippen LogP) is 1.91. The van der Waals surface area contributed by atoms with E-state index in [1.165, 1.54) is 6.07 Å². The van der Waals surface area contributed by atoms with Crippen molar-refractivity contribution in [3.8, 4) is 0 Å². The van der Waals surface area contributed by atoms with Crippen LogP contribution in [0.1, 0.15) is 17.2 Å². The second-order valence-electron chi connectivity index (χ2n) is 3.56. The van der Waals surface area contributed by atoms with E-state index in [-0.39, 0.29) is 0 Å². The largest absolute Gasteiger partial charge is 0.271 e. The van der Waals surface area contributed by atoms with Crippen molar-refractivity contribution in [1.29, 1.82) is 0 Å². The molecule has 3 N–H and O–H groups in total. The standard InChI is InChI=1S/C12H11F2N3/c13-10-4-3-8(6-11(10)14)12(17-15)9-2-1-5-16-7-9/h1-7,12,17H,15H2. The van der Waals surface area contributed by atoms with Crippen molar-refractivity contribution < 1.29 is 8.78 Å². The van der Waals surface area contributed by atoms with Crippen molar-refractivity contribution in [2.75, 3.05) is 0 Å². The van der Waals surface area contributed by atoms with Gasteiger partial charge in [0.05, 0.1) is 6.04 Å². The quantitative estimate of drug-likeness (QED) is 0.631. The molecule has 3 nitrogen and oxygen atoms in total. The third kappa shape index (κ3) is 2.46. The van der Waals surface area contributed by atoms with Crippen LogP contribution in [0.3, 0.4) is 0 Å². The highest BCUT2D eigenvalue weighted by atomic mass is 19.2. The van der Waals surface area contributed by atoms with E-state index < -0.39 is 17.7 Å². The average Bonchev–Trinajstić information content (AvgIpc) is 2.36. The molecule has 1 atom stereocenters. The summed E-state index contributed by atoms with van der Waals surface area (Å²) in [5.74, 6) is 3.66. The van der Waals surface area contributed by atoms with E-state index in [4.69, 9.17) is 5.84 Å². The number of rotatable bonds is 3. The predicted molar refractivity (Wildman–Crippen MR) is 59.8 cm³/mol. The molecule has 0 bridgehead atoms. The van der Waals surface area contributed by atoms with Gasteiger partial charge in [0.2, 0.25) is 0 Å². The van der Waals surface area contributed by atoms with Gasteiger partial charge in [-0.2, -0.15) is 0 Å². The molecule has 0 aliphatic rings. The van der Waals surface area contributed by atoms with Crippen LogP contribution >= 0.6 is 0 Å². The Bertz CT molecular complexity index is 502. The molecule has 2 rings (SSSR count). The lowest BCUT2D eigenvalue weighted by molar-refractivity contribution is 0.504. The summed E-state index contributed by atoms with van der Waals surface area (Å²) in [6, 6.07) is 6.81. The number of halogens is 2. The zero-order chi connectivity index (χ0) is 12.3. The lowest BCUT2D eigenvalue weighted by Crippen LogP contribution is -2.29. The topological polar surface area (TPSA) is 50.9 Å². The van der Waals surface area contributed by atoms with Crippen molar-refractivity contribution in [2.24, 2.45) is 5.84 Å². The van der Waals surface area contributed by atoms with E-state index in [0.29, 0.717) is 5.56 Å². The number of aromatic nitrogens is 1. The number of nitrogens with two attached hydrogens (primary N) is 1. The zero-order valence-electron chi connectivity index (χ0n) is 8.90. The van der Waals surface area contributed by atoms with Gasteiger partial charge in [-0.05, 0) is 29.3 Å². The summed E-state index contributed by atoms with van der Waals surface area (Å²) in [5.41, 5.74) is 3.87. The fraction of sp³-hybridized carbons (Fsp3) is 0.0833. The van der Waals surface area contributed by atoms with Crippen LogP contribution in [-0.2, 0) is 0 Å². The molecule has 0 radical (unpaired) electrons. The minimum Gasteiger partial charge on any atom is -0.271 e. The highest BCUT2D eigenvalue weighted by Crippen LogP contribution is 2.21. The van der Waals surface area contributed by atoms with Gasteiger partial charge in [0.15, 0.2) is 11.6 Å². The molecule has 1 heterocycles. The van der Waals surface area contributed by atoms with Crippen molar-refractivity contribution in [2.45, 2.75) is 6.04 Å². The molecule has 1 aromatic carbocycles. The van der Waals surface area contributed by atoms with Crippen LogP contribution in [0.2, 0.25) is 0 Å². The summed E-state index contributed by atoms with van der Waals surface area (Å²) < 4.78 is 26.0. The minimum atomic E-state index is -0.897. The van der Waals surface area contributed by atoms with Gasteiger partial charge in [-0.25, -0.2) is 14.2 Å². The first-order valence-electron chi connectivity index (χ1n) is 5.03. The van der Waals surface area contributed by atoms with E-state index in [1.54, 1.807) is 24.5 Å².